The number of rotatable bonds is 5. The molecule has 1 heterocycles. The first-order valence-electron chi connectivity index (χ1n) is 7.44. The Hall–Kier alpha value is -1.26. The molecular formula is C16H25ClN2O2. The number of hydrogen-bond donors (Lipinski definition) is 1. The van der Waals surface area contributed by atoms with Crippen molar-refractivity contribution in [2.24, 2.45) is 0 Å². The number of halogens is 1. The van der Waals surface area contributed by atoms with Gasteiger partial charge in [-0.2, -0.15) is 0 Å². The number of nitrogens with one attached hydrogen (secondary N) is 1. The molecule has 1 atom stereocenters. The number of likely N-dealkylation sites (N-methyl/N-ethyl adjacent to an activating group) is 1. The molecule has 1 saturated heterocycles. The Labute approximate surface area is 133 Å². The smallest absolute Gasteiger partial charge is 0.254 e. The van der Waals surface area contributed by atoms with Gasteiger partial charge in [0.1, 0.15) is 5.75 Å². The molecule has 0 aliphatic carbocycles. The van der Waals surface area contributed by atoms with E-state index >= 15 is 0 Å². The molecule has 1 N–H and O–H groups in total. The third kappa shape index (κ3) is 4.90. The molecule has 118 valence electrons. The van der Waals surface area contributed by atoms with Crippen molar-refractivity contribution in [2.75, 3.05) is 26.7 Å². The Balaban J connectivity index is 0.00000220. The molecule has 4 nitrogen and oxygen atoms in total. The Kier molecular flexibility index (Phi) is 7.54. The van der Waals surface area contributed by atoms with Crippen molar-refractivity contribution in [2.45, 2.75) is 32.2 Å². The van der Waals surface area contributed by atoms with Crippen LogP contribution in [0.15, 0.2) is 24.3 Å². The number of carbonyl (C=O) groups excluding carboxylic acids is 1. The summed E-state index contributed by atoms with van der Waals surface area (Å²) in [5, 5.41) is 3.26. The van der Waals surface area contributed by atoms with E-state index in [1.807, 2.05) is 36.2 Å². The minimum absolute atomic E-state index is 0. The number of piperidine rings is 1. The topological polar surface area (TPSA) is 41.6 Å². The van der Waals surface area contributed by atoms with E-state index in [-0.39, 0.29) is 18.3 Å². The molecule has 0 radical (unpaired) electrons. The van der Waals surface area contributed by atoms with Gasteiger partial charge in [-0.15, -0.1) is 12.4 Å². The van der Waals surface area contributed by atoms with Crippen LogP contribution in [0.3, 0.4) is 0 Å². The Morgan fingerprint density at radius 1 is 1.48 bits per heavy atom. The van der Waals surface area contributed by atoms with Crippen LogP contribution in [0.2, 0.25) is 0 Å². The monoisotopic (exact) mass is 312 g/mol. The molecular weight excluding hydrogens is 288 g/mol. The molecule has 0 spiro atoms. The molecule has 1 amide bonds. The minimum Gasteiger partial charge on any atom is -0.494 e. The van der Waals surface area contributed by atoms with Gasteiger partial charge in [0.05, 0.1) is 6.61 Å². The minimum atomic E-state index is 0. The normalized spacial score (nSPS) is 18.0. The molecule has 1 fully saturated rings. The Morgan fingerprint density at radius 3 is 3.00 bits per heavy atom. The van der Waals surface area contributed by atoms with E-state index in [1.165, 1.54) is 0 Å². The average Bonchev–Trinajstić information content (AvgIpc) is 2.52. The highest BCUT2D eigenvalue weighted by Crippen LogP contribution is 2.18. The molecule has 0 aromatic heterocycles. The molecule has 1 aromatic carbocycles. The largest absolute Gasteiger partial charge is 0.494 e. The number of carbonyl (C=O) groups is 1. The first kappa shape index (κ1) is 17.8. The zero-order valence-corrected chi connectivity index (χ0v) is 13.6. The maximum absolute atomic E-state index is 12.5. The van der Waals surface area contributed by atoms with Gasteiger partial charge in [0.15, 0.2) is 0 Å². The van der Waals surface area contributed by atoms with Crippen LogP contribution >= 0.6 is 12.4 Å². The van der Waals surface area contributed by atoms with E-state index in [1.54, 1.807) is 0 Å². The van der Waals surface area contributed by atoms with E-state index in [9.17, 15) is 4.79 Å². The van der Waals surface area contributed by atoms with Gasteiger partial charge in [-0.25, -0.2) is 0 Å². The van der Waals surface area contributed by atoms with Gasteiger partial charge in [0.2, 0.25) is 0 Å². The third-order valence-electron chi connectivity index (χ3n) is 3.67. The zero-order valence-electron chi connectivity index (χ0n) is 12.8. The first-order valence-corrected chi connectivity index (χ1v) is 7.44. The van der Waals surface area contributed by atoms with Crippen LogP contribution in [0, 0.1) is 0 Å². The second kappa shape index (κ2) is 8.90. The van der Waals surface area contributed by atoms with Crippen LogP contribution < -0.4 is 10.1 Å². The zero-order chi connectivity index (χ0) is 14.4. The van der Waals surface area contributed by atoms with E-state index in [4.69, 9.17) is 4.74 Å². The molecule has 1 aromatic rings. The predicted octanol–water partition coefficient (Wildman–Crippen LogP) is 2.72. The molecule has 0 bridgehead atoms. The molecule has 5 heteroatoms. The lowest BCUT2D eigenvalue weighted by Crippen LogP contribution is -2.46. The number of nitrogens with zero attached hydrogens (tertiary/aromatic N) is 1. The Morgan fingerprint density at radius 2 is 2.29 bits per heavy atom. The SMILES string of the molecule is CCCOc1cccc(C(=O)N2CCCC(NC)C2)c1.Cl. The lowest BCUT2D eigenvalue weighted by Gasteiger charge is -2.32. The summed E-state index contributed by atoms with van der Waals surface area (Å²) in [4.78, 5) is 14.5. The van der Waals surface area contributed by atoms with Gasteiger partial charge < -0.3 is 15.0 Å². The standard InChI is InChI=1S/C16H24N2O2.ClH/c1-3-10-20-15-8-4-6-13(11-15)16(19)18-9-5-7-14(12-18)17-2;/h4,6,8,11,14,17H,3,5,7,9-10,12H2,1-2H3;1H. The lowest BCUT2D eigenvalue weighted by atomic mass is 10.0. The quantitative estimate of drug-likeness (QED) is 0.909. The van der Waals surface area contributed by atoms with E-state index in [0.717, 1.165) is 43.7 Å². The lowest BCUT2D eigenvalue weighted by molar-refractivity contribution is 0.0697. The van der Waals surface area contributed by atoms with Crippen LogP contribution in [0.5, 0.6) is 5.75 Å². The molecule has 1 unspecified atom stereocenters. The van der Waals surface area contributed by atoms with E-state index in [0.29, 0.717) is 12.6 Å². The maximum atomic E-state index is 12.5. The van der Waals surface area contributed by atoms with Crippen LogP contribution in [-0.2, 0) is 0 Å². The summed E-state index contributed by atoms with van der Waals surface area (Å²) in [5.74, 6) is 0.881. The van der Waals surface area contributed by atoms with Gasteiger partial charge in [-0.3, -0.25) is 4.79 Å². The fourth-order valence-corrected chi connectivity index (χ4v) is 2.52. The summed E-state index contributed by atoms with van der Waals surface area (Å²) in [6.07, 6.45) is 3.16. The van der Waals surface area contributed by atoms with Gasteiger partial charge >= 0.3 is 0 Å². The second-order valence-corrected chi connectivity index (χ2v) is 5.26. The number of likely N-dealkylation sites (tertiary alicyclic amines) is 1. The molecule has 1 aliphatic rings. The average molecular weight is 313 g/mol. The van der Waals surface area contributed by atoms with Crippen molar-refractivity contribution in [1.82, 2.24) is 10.2 Å². The van der Waals surface area contributed by atoms with Crippen LogP contribution in [-0.4, -0.2) is 43.6 Å². The molecule has 21 heavy (non-hydrogen) atoms. The van der Waals surface area contributed by atoms with Crippen molar-refractivity contribution in [3.05, 3.63) is 29.8 Å². The fourth-order valence-electron chi connectivity index (χ4n) is 2.52. The number of hydrogen-bond acceptors (Lipinski definition) is 3. The predicted molar refractivity (Wildman–Crippen MR) is 87.5 cm³/mol. The summed E-state index contributed by atoms with van der Waals surface area (Å²) in [5.41, 5.74) is 0.718. The summed E-state index contributed by atoms with van der Waals surface area (Å²) < 4.78 is 5.59. The van der Waals surface area contributed by atoms with Crippen LogP contribution in [0.1, 0.15) is 36.5 Å². The molecule has 0 saturated carbocycles. The van der Waals surface area contributed by atoms with E-state index in [2.05, 4.69) is 12.2 Å². The molecule has 2 rings (SSSR count). The van der Waals surface area contributed by atoms with Crippen LogP contribution in [0.4, 0.5) is 0 Å². The second-order valence-electron chi connectivity index (χ2n) is 5.26. The summed E-state index contributed by atoms with van der Waals surface area (Å²) in [7, 11) is 1.96. The van der Waals surface area contributed by atoms with Gasteiger partial charge in [0, 0.05) is 24.7 Å². The third-order valence-corrected chi connectivity index (χ3v) is 3.67. The summed E-state index contributed by atoms with van der Waals surface area (Å²) >= 11 is 0. The number of benzene rings is 1. The van der Waals surface area contributed by atoms with E-state index < -0.39 is 0 Å². The highest BCUT2D eigenvalue weighted by molar-refractivity contribution is 5.94. The fraction of sp³-hybridized carbons (Fsp3) is 0.562. The van der Waals surface area contributed by atoms with Gasteiger partial charge in [-0.05, 0) is 44.5 Å². The van der Waals surface area contributed by atoms with Crippen molar-refractivity contribution in [1.29, 1.82) is 0 Å². The van der Waals surface area contributed by atoms with Gasteiger partial charge in [0.25, 0.3) is 5.91 Å². The Bertz CT molecular complexity index is 454. The van der Waals surface area contributed by atoms with Crippen molar-refractivity contribution in [3.63, 3.8) is 0 Å². The first-order chi connectivity index (χ1) is 9.74. The van der Waals surface area contributed by atoms with Crippen molar-refractivity contribution in [3.8, 4) is 5.75 Å². The number of ether oxygens (including phenoxy) is 1. The van der Waals surface area contributed by atoms with Crippen LogP contribution in [0.25, 0.3) is 0 Å². The summed E-state index contributed by atoms with van der Waals surface area (Å²) in [6.45, 7) is 4.39. The number of amides is 1. The highest BCUT2D eigenvalue weighted by Gasteiger charge is 2.23. The van der Waals surface area contributed by atoms with Crippen molar-refractivity contribution < 1.29 is 9.53 Å². The highest BCUT2D eigenvalue weighted by atomic mass is 35.5. The van der Waals surface area contributed by atoms with Gasteiger partial charge in [-0.1, -0.05) is 13.0 Å². The summed E-state index contributed by atoms with van der Waals surface area (Å²) in [6, 6.07) is 7.91. The van der Waals surface area contributed by atoms with Crippen molar-refractivity contribution >= 4 is 18.3 Å². The maximum Gasteiger partial charge on any atom is 0.254 e. The molecule has 1 aliphatic heterocycles.